The minimum atomic E-state index is 0.493. The number of thiophene rings is 1. The van der Waals surface area contributed by atoms with E-state index in [2.05, 4.69) is 4.98 Å². The molecule has 0 saturated carbocycles. The zero-order chi connectivity index (χ0) is 17.9. The van der Waals surface area contributed by atoms with Crippen molar-refractivity contribution < 1.29 is 13.9 Å². The molecule has 0 aliphatic heterocycles. The molecule has 0 atom stereocenters. The van der Waals surface area contributed by atoms with Gasteiger partial charge in [-0.05, 0) is 42.6 Å². The molecule has 0 bridgehead atoms. The number of rotatable bonds is 6. The second-order valence-electron chi connectivity index (χ2n) is 5.92. The van der Waals surface area contributed by atoms with Crippen LogP contribution in [0.1, 0.15) is 21.8 Å². The summed E-state index contributed by atoms with van der Waals surface area (Å²) < 4.78 is 12.7. The smallest absolute Gasteiger partial charge is 0.226 e. The van der Waals surface area contributed by atoms with Crippen molar-refractivity contribution in [2.45, 2.75) is 13.3 Å². The Labute approximate surface area is 155 Å². The van der Waals surface area contributed by atoms with Crippen molar-refractivity contribution in [3.05, 3.63) is 70.9 Å². The molecule has 0 fully saturated rings. The van der Waals surface area contributed by atoms with Crippen LogP contribution >= 0.6 is 11.3 Å². The normalized spacial score (nSPS) is 11.0. The molecule has 4 nitrogen and oxygen atoms in total. The van der Waals surface area contributed by atoms with Crippen LogP contribution in [0.4, 0.5) is 0 Å². The molecule has 0 aliphatic carbocycles. The van der Waals surface area contributed by atoms with Crippen LogP contribution in [0.25, 0.3) is 21.5 Å². The first kappa shape index (κ1) is 16.5. The maximum Gasteiger partial charge on any atom is 0.226 e. The van der Waals surface area contributed by atoms with E-state index >= 15 is 0 Å². The minimum absolute atomic E-state index is 0.493. The topological polar surface area (TPSA) is 52.3 Å². The average molecular weight is 363 g/mol. The van der Waals surface area contributed by atoms with Gasteiger partial charge in [0.25, 0.3) is 0 Å². The molecule has 130 valence electrons. The van der Waals surface area contributed by atoms with Crippen LogP contribution < -0.4 is 4.74 Å². The summed E-state index contributed by atoms with van der Waals surface area (Å²) in [6.45, 7) is 2.41. The van der Waals surface area contributed by atoms with Gasteiger partial charge < -0.3 is 9.15 Å². The lowest BCUT2D eigenvalue weighted by Crippen LogP contribution is -2.03. The number of ether oxygens (including phenoxy) is 1. The lowest BCUT2D eigenvalue weighted by atomic mass is 10.1. The molecule has 2 heterocycles. The van der Waals surface area contributed by atoms with Crippen LogP contribution in [0, 0.1) is 6.92 Å². The highest BCUT2D eigenvalue weighted by atomic mass is 32.1. The van der Waals surface area contributed by atoms with Gasteiger partial charge in [-0.3, -0.25) is 4.79 Å². The van der Waals surface area contributed by atoms with E-state index in [1.54, 1.807) is 17.4 Å². The lowest BCUT2D eigenvalue weighted by molar-refractivity contribution is 0.112. The zero-order valence-corrected chi connectivity index (χ0v) is 15.1. The summed E-state index contributed by atoms with van der Waals surface area (Å²) in [5, 5.41) is 2.94. The van der Waals surface area contributed by atoms with Crippen LogP contribution in [-0.4, -0.2) is 17.9 Å². The third-order valence-electron chi connectivity index (χ3n) is 4.24. The Balaban J connectivity index is 1.48. The maximum atomic E-state index is 11.1. The van der Waals surface area contributed by atoms with E-state index in [9.17, 15) is 4.79 Å². The van der Waals surface area contributed by atoms with Gasteiger partial charge in [-0.1, -0.05) is 18.2 Å². The summed E-state index contributed by atoms with van der Waals surface area (Å²) in [6.07, 6.45) is 1.54. The molecule has 4 aromatic rings. The number of aldehydes is 1. The number of nitrogens with zero attached hydrogens (tertiary/aromatic N) is 1. The van der Waals surface area contributed by atoms with Crippen molar-refractivity contribution in [3.8, 4) is 17.2 Å². The van der Waals surface area contributed by atoms with Crippen molar-refractivity contribution in [2.24, 2.45) is 0 Å². The number of aromatic nitrogens is 1. The van der Waals surface area contributed by atoms with E-state index in [0.29, 0.717) is 24.5 Å². The van der Waals surface area contributed by atoms with Crippen LogP contribution in [0.5, 0.6) is 5.75 Å². The molecule has 4 rings (SSSR count). The summed E-state index contributed by atoms with van der Waals surface area (Å²) in [5.74, 6) is 2.23. The zero-order valence-electron chi connectivity index (χ0n) is 14.3. The van der Waals surface area contributed by atoms with Crippen molar-refractivity contribution in [2.75, 3.05) is 6.61 Å². The molecule has 0 unspecified atom stereocenters. The van der Waals surface area contributed by atoms with Gasteiger partial charge in [-0.15, -0.1) is 11.3 Å². The van der Waals surface area contributed by atoms with Gasteiger partial charge in [0.05, 0.1) is 12.3 Å². The number of hydrogen-bond acceptors (Lipinski definition) is 5. The number of fused-ring (bicyclic) bond motifs is 1. The van der Waals surface area contributed by atoms with E-state index in [-0.39, 0.29) is 0 Å². The Kier molecular flexibility index (Phi) is 4.54. The molecular formula is C21H17NO3S. The number of aryl methyl sites for hydroxylation is 1. The molecule has 0 N–H and O–H groups in total. The Morgan fingerprint density at radius 3 is 2.81 bits per heavy atom. The molecule has 5 heteroatoms. The van der Waals surface area contributed by atoms with Crippen molar-refractivity contribution in [3.63, 3.8) is 0 Å². The lowest BCUT2D eigenvalue weighted by Gasteiger charge is -2.07. The van der Waals surface area contributed by atoms with E-state index in [1.165, 1.54) is 0 Å². The number of carbonyl (C=O) groups excluding carboxylic acids is 1. The number of oxazole rings is 1. The SMILES string of the molecule is Cc1oc(-c2ccccc2)nc1CCOc1ccc(C=O)c2sccc12. The minimum Gasteiger partial charge on any atom is -0.493 e. The standard InChI is InChI=1S/C21H17NO3S/c1-14-18(22-21(25-14)15-5-3-2-4-6-15)9-11-24-19-8-7-16(13-23)20-17(19)10-12-26-20/h2-8,10,12-13H,9,11H2,1H3. The van der Waals surface area contributed by atoms with Crippen molar-refractivity contribution in [1.29, 1.82) is 0 Å². The predicted molar refractivity (Wildman–Crippen MR) is 103 cm³/mol. The first-order chi connectivity index (χ1) is 12.8. The van der Waals surface area contributed by atoms with Crippen molar-refractivity contribution in [1.82, 2.24) is 4.98 Å². The van der Waals surface area contributed by atoms with Gasteiger partial charge in [0.2, 0.25) is 5.89 Å². The van der Waals surface area contributed by atoms with Gasteiger partial charge in [-0.25, -0.2) is 4.98 Å². The molecule has 0 aliphatic rings. The molecular weight excluding hydrogens is 346 g/mol. The highest BCUT2D eigenvalue weighted by molar-refractivity contribution is 7.17. The quantitative estimate of drug-likeness (QED) is 0.436. The summed E-state index contributed by atoms with van der Waals surface area (Å²) in [5.41, 5.74) is 2.56. The van der Waals surface area contributed by atoms with Gasteiger partial charge in [0.15, 0.2) is 6.29 Å². The fraction of sp³-hybridized carbons (Fsp3) is 0.143. The monoisotopic (exact) mass is 363 g/mol. The summed E-state index contributed by atoms with van der Waals surface area (Å²) in [4.78, 5) is 15.7. The van der Waals surface area contributed by atoms with Crippen molar-refractivity contribution >= 4 is 27.7 Å². The predicted octanol–water partition coefficient (Wildman–Crippen LogP) is 5.30. The molecule has 0 radical (unpaired) electrons. The number of hydrogen-bond donors (Lipinski definition) is 0. The second-order valence-corrected chi connectivity index (χ2v) is 6.84. The third kappa shape index (κ3) is 3.13. The van der Waals surface area contributed by atoms with Gasteiger partial charge >= 0.3 is 0 Å². The van der Waals surface area contributed by atoms with Gasteiger partial charge in [-0.2, -0.15) is 0 Å². The Morgan fingerprint density at radius 1 is 1.15 bits per heavy atom. The fourth-order valence-electron chi connectivity index (χ4n) is 2.90. The summed E-state index contributed by atoms with van der Waals surface area (Å²) >= 11 is 1.55. The largest absolute Gasteiger partial charge is 0.493 e. The highest BCUT2D eigenvalue weighted by Gasteiger charge is 2.12. The maximum absolute atomic E-state index is 11.1. The van der Waals surface area contributed by atoms with E-state index in [4.69, 9.17) is 9.15 Å². The number of carbonyl (C=O) groups is 1. The molecule has 2 aromatic heterocycles. The number of benzene rings is 2. The molecule has 0 amide bonds. The molecule has 0 spiro atoms. The average Bonchev–Trinajstić information content (AvgIpc) is 3.30. The molecule has 2 aromatic carbocycles. The summed E-state index contributed by atoms with van der Waals surface area (Å²) in [7, 11) is 0. The van der Waals surface area contributed by atoms with Crippen LogP contribution in [0.3, 0.4) is 0 Å². The van der Waals surface area contributed by atoms with E-state index < -0.39 is 0 Å². The Hall–Kier alpha value is -2.92. The van der Waals surface area contributed by atoms with Crippen LogP contribution in [0.15, 0.2) is 58.3 Å². The van der Waals surface area contributed by atoms with Crippen LogP contribution in [0.2, 0.25) is 0 Å². The second kappa shape index (κ2) is 7.14. The summed E-state index contributed by atoms with van der Waals surface area (Å²) in [6, 6.07) is 15.5. The molecule has 26 heavy (non-hydrogen) atoms. The Bertz CT molecular complexity index is 1050. The van der Waals surface area contributed by atoms with Gasteiger partial charge in [0.1, 0.15) is 11.5 Å². The third-order valence-corrected chi connectivity index (χ3v) is 5.21. The van der Waals surface area contributed by atoms with E-state index in [0.717, 1.165) is 39.1 Å². The highest BCUT2D eigenvalue weighted by Crippen LogP contribution is 2.32. The van der Waals surface area contributed by atoms with E-state index in [1.807, 2.05) is 54.8 Å². The molecule has 0 saturated heterocycles. The first-order valence-corrected chi connectivity index (χ1v) is 9.24. The fourth-order valence-corrected chi connectivity index (χ4v) is 3.79. The Morgan fingerprint density at radius 2 is 2.00 bits per heavy atom. The van der Waals surface area contributed by atoms with Gasteiger partial charge in [0, 0.05) is 27.6 Å². The first-order valence-electron chi connectivity index (χ1n) is 8.36. The van der Waals surface area contributed by atoms with Crippen LogP contribution in [-0.2, 0) is 6.42 Å².